The van der Waals surface area contributed by atoms with Gasteiger partial charge < -0.3 is 15.2 Å². The lowest BCUT2D eigenvalue weighted by Crippen LogP contribution is -2.28. The van der Waals surface area contributed by atoms with Crippen molar-refractivity contribution in [3.63, 3.8) is 0 Å². The van der Waals surface area contributed by atoms with Crippen LogP contribution in [0.5, 0.6) is 0 Å². The highest BCUT2D eigenvalue weighted by atomic mass is 15.2. The Balaban J connectivity index is 2.08. The molecule has 2 N–H and O–H groups in total. The van der Waals surface area contributed by atoms with Gasteiger partial charge in [0.2, 0.25) is 5.95 Å². The summed E-state index contributed by atoms with van der Waals surface area (Å²) in [6, 6.07) is 2.00. The largest absolute Gasteiger partial charge is 0.367 e. The number of aromatic nitrogens is 3. The van der Waals surface area contributed by atoms with Gasteiger partial charge in [-0.1, -0.05) is 0 Å². The number of anilines is 1. The lowest BCUT2D eigenvalue weighted by Gasteiger charge is -2.16. The molecule has 0 atom stereocenters. The summed E-state index contributed by atoms with van der Waals surface area (Å²) in [7, 11) is 3.92. The van der Waals surface area contributed by atoms with Crippen LogP contribution in [0.25, 0.3) is 11.1 Å². The van der Waals surface area contributed by atoms with Gasteiger partial charge in [0, 0.05) is 56.1 Å². The Bertz CT molecular complexity index is 434. The Morgan fingerprint density at radius 3 is 2.65 bits per heavy atom. The summed E-state index contributed by atoms with van der Waals surface area (Å²) in [4.78, 5) is 13.8. The highest BCUT2D eigenvalue weighted by Crippen LogP contribution is 2.17. The van der Waals surface area contributed by atoms with E-state index in [0.29, 0.717) is 0 Å². The highest BCUT2D eigenvalue weighted by molar-refractivity contribution is 5.60. The minimum absolute atomic E-state index is 0.750. The zero-order valence-electron chi connectivity index (χ0n) is 10.1. The van der Waals surface area contributed by atoms with Crippen molar-refractivity contribution in [2.75, 3.05) is 32.1 Å². The minimum atomic E-state index is 0.750. The number of rotatable bonds is 5. The maximum Gasteiger partial charge on any atom is 0.225 e. The molecule has 0 bridgehead atoms. The van der Waals surface area contributed by atoms with Crippen LogP contribution in [-0.4, -0.2) is 42.1 Å². The Labute approximate surface area is 101 Å². The van der Waals surface area contributed by atoms with E-state index in [4.69, 9.17) is 0 Å². The summed E-state index contributed by atoms with van der Waals surface area (Å²) in [6.45, 7) is 1.80. The molecule has 2 rings (SSSR count). The molecule has 17 heavy (non-hydrogen) atoms. The monoisotopic (exact) mass is 231 g/mol. The first-order chi connectivity index (χ1) is 8.31. The number of likely N-dealkylation sites (N-methyl/N-ethyl adjacent to an activating group) is 2. The first kappa shape index (κ1) is 11.6. The van der Waals surface area contributed by atoms with Crippen LogP contribution in [0.1, 0.15) is 0 Å². The lowest BCUT2D eigenvalue weighted by atomic mass is 10.2. The molecule has 90 valence electrons. The number of hydrogen-bond donors (Lipinski definition) is 2. The summed E-state index contributed by atoms with van der Waals surface area (Å²) in [5.74, 6) is 0.750. The first-order valence-corrected chi connectivity index (χ1v) is 5.62. The summed E-state index contributed by atoms with van der Waals surface area (Å²) in [5.41, 5.74) is 2.13. The Kier molecular flexibility index (Phi) is 3.72. The van der Waals surface area contributed by atoms with Gasteiger partial charge in [-0.2, -0.15) is 0 Å². The molecule has 0 saturated heterocycles. The van der Waals surface area contributed by atoms with Crippen LogP contribution in [0.3, 0.4) is 0 Å². The van der Waals surface area contributed by atoms with E-state index in [1.165, 1.54) is 0 Å². The number of aromatic amines is 1. The smallest absolute Gasteiger partial charge is 0.225 e. The van der Waals surface area contributed by atoms with Crippen LogP contribution >= 0.6 is 0 Å². The van der Waals surface area contributed by atoms with Crippen molar-refractivity contribution >= 4 is 5.95 Å². The molecule has 2 aromatic heterocycles. The predicted molar refractivity (Wildman–Crippen MR) is 69.0 cm³/mol. The topological polar surface area (TPSA) is 56.8 Å². The first-order valence-electron chi connectivity index (χ1n) is 5.62. The van der Waals surface area contributed by atoms with Crippen molar-refractivity contribution in [1.29, 1.82) is 0 Å². The molecular weight excluding hydrogens is 214 g/mol. The molecule has 5 nitrogen and oxygen atoms in total. The Morgan fingerprint density at radius 2 is 2.06 bits per heavy atom. The Morgan fingerprint density at radius 1 is 1.29 bits per heavy atom. The molecule has 0 aliphatic rings. The number of nitrogens with zero attached hydrogens (tertiary/aromatic N) is 3. The maximum absolute atomic E-state index is 4.36. The molecule has 0 aliphatic carbocycles. The maximum atomic E-state index is 4.36. The van der Waals surface area contributed by atoms with Gasteiger partial charge >= 0.3 is 0 Å². The van der Waals surface area contributed by atoms with E-state index in [9.17, 15) is 0 Å². The number of nitrogens with one attached hydrogen (secondary N) is 2. The van der Waals surface area contributed by atoms with Crippen molar-refractivity contribution < 1.29 is 0 Å². The van der Waals surface area contributed by atoms with E-state index in [1.807, 2.05) is 49.8 Å². The van der Waals surface area contributed by atoms with Gasteiger partial charge in [-0.05, 0) is 13.1 Å². The van der Waals surface area contributed by atoms with Crippen LogP contribution in [0.2, 0.25) is 0 Å². The fourth-order valence-corrected chi connectivity index (χ4v) is 1.55. The summed E-state index contributed by atoms with van der Waals surface area (Å²) >= 11 is 0. The highest BCUT2D eigenvalue weighted by Gasteiger charge is 2.04. The van der Waals surface area contributed by atoms with Crippen LogP contribution in [0, 0.1) is 0 Å². The molecule has 0 aliphatic heterocycles. The Hall–Kier alpha value is -1.88. The van der Waals surface area contributed by atoms with Crippen molar-refractivity contribution in [3.8, 4) is 11.1 Å². The van der Waals surface area contributed by atoms with Crippen molar-refractivity contribution in [2.24, 2.45) is 0 Å². The fraction of sp³-hybridized carbons (Fsp3) is 0.333. The van der Waals surface area contributed by atoms with E-state index in [2.05, 4.69) is 20.3 Å². The van der Waals surface area contributed by atoms with Crippen molar-refractivity contribution in [2.45, 2.75) is 0 Å². The molecule has 0 amide bonds. The van der Waals surface area contributed by atoms with Crippen LogP contribution < -0.4 is 10.2 Å². The molecular formula is C12H17N5. The van der Waals surface area contributed by atoms with Gasteiger partial charge in [0.25, 0.3) is 0 Å². The van der Waals surface area contributed by atoms with Crippen LogP contribution in [0.15, 0.2) is 30.9 Å². The molecule has 0 fully saturated rings. The molecule has 2 heterocycles. The average molecular weight is 231 g/mol. The third-order valence-electron chi connectivity index (χ3n) is 2.61. The molecule has 2 aromatic rings. The van der Waals surface area contributed by atoms with Gasteiger partial charge in [0.1, 0.15) is 0 Å². The van der Waals surface area contributed by atoms with Crippen molar-refractivity contribution in [3.05, 3.63) is 30.9 Å². The van der Waals surface area contributed by atoms with E-state index >= 15 is 0 Å². The molecule has 0 unspecified atom stereocenters. The van der Waals surface area contributed by atoms with Crippen LogP contribution in [0.4, 0.5) is 5.95 Å². The molecule has 0 spiro atoms. The standard InChI is InChI=1S/C12H17N5/c1-13-5-6-17(2)12-15-8-11(9-16-12)10-3-4-14-7-10/h3-4,7-9,13-14H,5-6H2,1-2H3. The quantitative estimate of drug-likeness (QED) is 0.810. The fourth-order valence-electron chi connectivity index (χ4n) is 1.55. The number of hydrogen-bond acceptors (Lipinski definition) is 4. The summed E-state index contributed by atoms with van der Waals surface area (Å²) in [5, 5.41) is 3.10. The van der Waals surface area contributed by atoms with Crippen LogP contribution in [-0.2, 0) is 0 Å². The van der Waals surface area contributed by atoms with Gasteiger partial charge in [0.05, 0.1) is 0 Å². The van der Waals surface area contributed by atoms with Gasteiger partial charge in [-0.3, -0.25) is 0 Å². The molecule has 0 aromatic carbocycles. The second kappa shape index (κ2) is 5.45. The van der Waals surface area contributed by atoms with E-state index in [0.717, 1.165) is 30.2 Å². The zero-order valence-corrected chi connectivity index (χ0v) is 10.1. The second-order valence-corrected chi connectivity index (χ2v) is 3.90. The molecule has 0 radical (unpaired) electrons. The third kappa shape index (κ3) is 2.82. The normalized spacial score (nSPS) is 10.5. The number of H-pyrrole nitrogens is 1. The average Bonchev–Trinajstić information content (AvgIpc) is 2.90. The lowest BCUT2D eigenvalue weighted by molar-refractivity contribution is 0.753. The SMILES string of the molecule is CNCCN(C)c1ncc(-c2cc[nH]c2)cn1. The molecule has 5 heteroatoms. The summed E-state index contributed by atoms with van der Waals surface area (Å²) in [6.07, 6.45) is 7.52. The van der Waals surface area contributed by atoms with Crippen molar-refractivity contribution in [1.82, 2.24) is 20.3 Å². The van der Waals surface area contributed by atoms with E-state index in [-0.39, 0.29) is 0 Å². The second-order valence-electron chi connectivity index (χ2n) is 3.90. The van der Waals surface area contributed by atoms with E-state index < -0.39 is 0 Å². The third-order valence-corrected chi connectivity index (χ3v) is 2.61. The minimum Gasteiger partial charge on any atom is -0.367 e. The predicted octanol–water partition coefficient (Wildman–Crippen LogP) is 1.13. The van der Waals surface area contributed by atoms with Gasteiger partial charge in [0.15, 0.2) is 0 Å². The van der Waals surface area contributed by atoms with Gasteiger partial charge in [-0.25, -0.2) is 9.97 Å². The zero-order chi connectivity index (χ0) is 12.1. The summed E-state index contributed by atoms with van der Waals surface area (Å²) < 4.78 is 0. The van der Waals surface area contributed by atoms with Gasteiger partial charge in [-0.15, -0.1) is 0 Å². The van der Waals surface area contributed by atoms with E-state index in [1.54, 1.807) is 0 Å². The molecule has 0 saturated carbocycles.